The molecule has 0 saturated heterocycles. The Balaban J connectivity index is 1.45. The first-order valence-electron chi connectivity index (χ1n) is 12.1. The number of hydrogen-bond donors (Lipinski definition) is 1. The number of alkyl halides is 3. The van der Waals surface area contributed by atoms with Gasteiger partial charge in [0.25, 0.3) is 5.91 Å². The maximum atomic E-state index is 15.4. The number of fused-ring (bicyclic) bond motifs is 4. The zero-order valence-corrected chi connectivity index (χ0v) is 20.5. The Kier molecular flexibility index (Phi) is 5.87. The SMILES string of the molecule is C[C@H]1OCc2c1c(N)nc1cc(F)c(C(=O)N(Cc3ncccn3)C3COc4cc(C(F)(F)F)ccc43)cc21. The van der Waals surface area contributed by atoms with Crippen LogP contribution in [0.25, 0.3) is 10.9 Å². The van der Waals surface area contributed by atoms with Gasteiger partial charge in [-0.25, -0.2) is 19.3 Å². The number of carbonyl (C=O) groups is 1. The summed E-state index contributed by atoms with van der Waals surface area (Å²) in [4.78, 5) is 28.0. The van der Waals surface area contributed by atoms with E-state index in [-0.39, 0.29) is 54.3 Å². The van der Waals surface area contributed by atoms with Gasteiger partial charge in [-0.1, -0.05) is 6.07 Å². The van der Waals surface area contributed by atoms with Gasteiger partial charge < -0.3 is 20.1 Å². The number of nitrogens with zero attached hydrogens (tertiary/aromatic N) is 4. The van der Waals surface area contributed by atoms with Crippen LogP contribution in [0.2, 0.25) is 0 Å². The average Bonchev–Trinajstić information content (AvgIpc) is 3.50. The van der Waals surface area contributed by atoms with Crippen LogP contribution >= 0.6 is 0 Å². The van der Waals surface area contributed by atoms with Gasteiger partial charge in [-0.2, -0.15) is 13.2 Å². The Labute approximate surface area is 219 Å². The van der Waals surface area contributed by atoms with Crippen LogP contribution in [0.5, 0.6) is 5.75 Å². The number of nitrogens with two attached hydrogens (primary N) is 1. The number of hydrogen-bond acceptors (Lipinski definition) is 7. The highest BCUT2D eigenvalue weighted by molar-refractivity contribution is 6.00. The highest BCUT2D eigenvalue weighted by atomic mass is 19.4. The van der Waals surface area contributed by atoms with Gasteiger partial charge in [-0.05, 0) is 36.8 Å². The number of halogens is 4. The zero-order valence-electron chi connectivity index (χ0n) is 20.5. The van der Waals surface area contributed by atoms with Crippen molar-refractivity contribution < 1.29 is 31.8 Å². The van der Waals surface area contributed by atoms with Crippen LogP contribution in [-0.4, -0.2) is 32.4 Å². The number of rotatable bonds is 4. The van der Waals surface area contributed by atoms with E-state index in [4.69, 9.17) is 15.2 Å². The number of nitrogen functional groups attached to an aromatic ring is 1. The van der Waals surface area contributed by atoms with Crippen molar-refractivity contribution in [3.8, 4) is 5.75 Å². The summed E-state index contributed by atoms with van der Waals surface area (Å²) < 4.78 is 66.5. The predicted octanol–water partition coefficient (Wildman–Crippen LogP) is 5.13. The third kappa shape index (κ3) is 4.30. The van der Waals surface area contributed by atoms with Crippen LogP contribution in [0.1, 0.15) is 57.5 Å². The van der Waals surface area contributed by atoms with E-state index >= 15 is 4.39 Å². The van der Waals surface area contributed by atoms with Crippen LogP contribution in [0.4, 0.5) is 23.4 Å². The monoisotopic (exact) mass is 539 g/mol. The molecule has 2 atom stereocenters. The molecule has 1 amide bonds. The van der Waals surface area contributed by atoms with Gasteiger partial charge in [0.1, 0.15) is 29.8 Å². The Morgan fingerprint density at radius 2 is 1.95 bits per heavy atom. The molecule has 6 rings (SSSR count). The summed E-state index contributed by atoms with van der Waals surface area (Å²) in [6.07, 6.45) is -1.87. The lowest BCUT2D eigenvalue weighted by atomic mass is 9.98. The van der Waals surface area contributed by atoms with E-state index < -0.39 is 29.5 Å². The largest absolute Gasteiger partial charge is 0.491 e. The Morgan fingerprint density at radius 3 is 2.69 bits per heavy atom. The second-order valence-electron chi connectivity index (χ2n) is 9.37. The molecule has 8 nitrogen and oxygen atoms in total. The molecule has 2 aliphatic heterocycles. The Bertz CT molecular complexity index is 1610. The second kappa shape index (κ2) is 9.16. The van der Waals surface area contributed by atoms with Crippen LogP contribution in [0.15, 0.2) is 48.8 Å². The summed E-state index contributed by atoms with van der Waals surface area (Å²) in [5.41, 5.74) is 7.05. The fraction of sp³-hybridized carbons (Fsp3) is 0.259. The molecule has 4 aromatic rings. The number of pyridine rings is 1. The molecule has 0 bridgehead atoms. The van der Waals surface area contributed by atoms with E-state index in [1.807, 2.05) is 6.92 Å². The molecule has 0 radical (unpaired) electrons. The van der Waals surface area contributed by atoms with Crippen molar-refractivity contribution in [1.82, 2.24) is 19.9 Å². The Morgan fingerprint density at radius 1 is 1.18 bits per heavy atom. The molecular weight excluding hydrogens is 518 g/mol. The van der Waals surface area contributed by atoms with Crippen LogP contribution in [0, 0.1) is 5.82 Å². The minimum atomic E-state index is -4.56. The summed E-state index contributed by atoms with van der Waals surface area (Å²) in [7, 11) is 0. The van der Waals surface area contributed by atoms with Gasteiger partial charge in [-0.3, -0.25) is 4.79 Å². The van der Waals surface area contributed by atoms with Crippen LogP contribution in [-0.2, 0) is 24.1 Å². The second-order valence-corrected chi connectivity index (χ2v) is 9.37. The highest BCUT2D eigenvalue weighted by Crippen LogP contribution is 2.42. The van der Waals surface area contributed by atoms with Gasteiger partial charge in [0, 0.05) is 35.0 Å². The van der Waals surface area contributed by atoms with Crippen LogP contribution in [0.3, 0.4) is 0 Å². The molecule has 0 spiro atoms. The molecule has 200 valence electrons. The van der Waals surface area contributed by atoms with E-state index in [9.17, 15) is 18.0 Å². The van der Waals surface area contributed by atoms with Crippen molar-refractivity contribution in [2.24, 2.45) is 0 Å². The average molecular weight is 539 g/mol. The summed E-state index contributed by atoms with van der Waals surface area (Å²) in [6, 6.07) is 6.46. The minimum Gasteiger partial charge on any atom is -0.491 e. The lowest BCUT2D eigenvalue weighted by Crippen LogP contribution is -2.36. The third-order valence-electron chi connectivity index (χ3n) is 7.03. The first-order chi connectivity index (χ1) is 18.6. The van der Waals surface area contributed by atoms with Gasteiger partial charge in [0.15, 0.2) is 0 Å². The minimum absolute atomic E-state index is 0.00391. The van der Waals surface area contributed by atoms with E-state index in [1.165, 1.54) is 29.4 Å². The van der Waals surface area contributed by atoms with Crippen molar-refractivity contribution in [1.29, 1.82) is 0 Å². The molecule has 39 heavy (non-hydrogen) atoms. The summed E-state index contributed by atoms with van der Waals surface area (Å²) >= 11 is 0. The summed E-state index contributed by atoms with van der Waals surface area (Å²) in [6.45, 7) is 1.80. The maximum absolute atomic E-state index is 15.4. The van der Waals surface area contributed by atoms with Crippen molar-refractivity contribution in [2.45, 2.75) is 38.4 Å². The first kappa shape index (κ1) is 25.0. The molecular formula is C27H21F4N5O3. The molecule has 0 saturated carbocycles. The van der Waals surface area contributed by atoms with Crippen molar-refractivity contribution >= 4 is 22.6 Å². The van der Waals surface area contributed by atoms with Crippen LogP contribution < -0.4 is 10.5 Å². The number of benzene rings is 2. The lowest BCUT2D eigenvalue weighted by molar-refractivity contribution is -0.137. The smallest absolute Gasteiger partial charge is 0.416 e. The van der Waals surface area contributed by atoms with Gasteiger partial charge in [-0.15, -0.1) is 0 Å². The van der Waals surface area contributed by atoms with E-state index in [1.54, 1.807) is 6.07 Å². The van der Waals surface area contributed by atoms with Crippen molar-refractivity contribution in [2.75, 3.05) is 12.3 Å². The normalized spacial score (nSPS) is 18.1. The number of carbonyl (C=O) groups excluding carboxylic acids is 1. The molecule has 2 N–H and O–H groups in total. The fourth-order valence-electron chi connectivity index (χ4n) is 5.12. The standard InChI is InChI=1S/C27H21F4N5O3/c1-13-24-18(11-38-13)16-8-17(19(28)9-20(16)35-25(24)32)26(37)36(10-23-33-5-2-6-34-23)21-12-39-22-7-14(27(29,30)31)3-4-15(21)22/h2-9,13,21H,10-12H2,1H3,(H2,32,35)/t13-,21?/m1/s1. The summed E-state index contributed by atoms with van der Waals surface area (Å²) in [5.74, 6) is -1.02. The van der Waals surface area contributed by atoms with E-state index in [0.717, 1.165) is 23.8 Å². The molecule has 12 heteroatoms. The zero-order chi connectivity index (χ0) is 27.5. The Hall–Kier alpha value is -4.32. The number of ether oxygens (including phenoxy) is 2. The quantitative estimate of drug-likeness (QED) is 0.359. The fourth-order valence-corrected chi connectivity index (χ4v) is 5.12. The van der Waals surface area contributed by atoms with Gasteiger partial charge in [0.2, 0.25) is 0 Å². The van der Waals surface area contributed by atoms with Gasteiger partial charge >= 0.3 is 6.18 Å². The topological polar surface area (TPSA) is 103 Å². The maximum Gasteiger partial charge on any atom is 0.416 e. The van der Waals surface area contributed by atoms with Crippen molar-refractivity contribution in [3.05, 3.63) is 88.3 Å². The molecule has 4 heterocycles. The first-order valence-corrected chi connectivity index (χ1v) is 12.1. The predicted molar refractivity (Wildman–Crippen MR) is 131 cm³/mol. The number of amides is 1. The van der Waals surface area contributed by atoms with E-state index in [0.29, 0.717) is 16.5 Å². The molecule has 2 aliphatic rings. The van der Waals surface area contributed by atoms with E-state index in [2.05, 4.69) is 15.0 Å². The molecule has 2 aromatic heterocycles. The molecule has 1 unspecified atom stereocenters. The number of aromatic nitrogens is 3. The number of anilines is 1. The van der Waals surface area contributed by atoms with Gasteiger partial charge in [0.05, 0.1) is 41.9 Å². The molecule has 2 aromatic carbocycles. The molecule has 0 aliphatic carbocycles. The lowest BCUT2D eigenvalue weighted by Gasteiger charge is -2.28. The highest BCUT2D eigenvalue weighted by Gasteiger charge is 2.38. The summed E-state index contributed by atoms with van der Waals surface area (Å²) in [5, 5.41) is 0.530. The molecule has 0 fully saturated rings. The third-order valence-corrected chi connectivity index (χ3v) is 7.03. The van der Waals surface area contributed by atoms with Crippen molar-refractivity contribution in [3.63, 3.8) is 0 Å².